The second-order valence-corrected chi connectivity index (χ2v) is 9.53. The van der Waals surface area contributed by atoms with Gasteiger partial charge in [0.1, 0.15) is 21.9 Å². The maximum atomic E-state index is 12.8. The topological polar surface area (TPSA) is 120 Å². The molecule has 1 amide bonds. The lowest BCUT2D eigenvalue weighted by molar-refractivity contribution is -0.135. The van der Waals surface area contributed by atoms with Crippen molar-refractivity contribution in [3.8, 4) is 6.07 Å². The zero-order valence-electron chi connectivity index (χ0n) is 21.2. The van der Waals surface area contributed by atoms with Gasteiger partial charge in [0.05, 0.1) is 0 Å². The van der Waals surface area contributed by atoms with E-state index in [0.29, 0.717) is 28.9 Å². The molecule has 11 heteroatoms. The summed E-state index contributed by atoms with van der Waals surface area (Å²) in [5.74, 6) is -0.833. The third kappa shape index (κ3) is 7.63. The van der Waals surface area contributed by atoms with Gasteiger partial charge in [-0.25, -0.2) is 4.79 Å². The first kappa shape index (κ1) is 27.9. The Morgan fingerprint density at radius 1 is 1.19 bits per heavy atom. The third-order valence-electron chi connectivity index (χ3n) is 5.88. The van der Waals surface area contributed by atoms with Gasteiger partial charge in [0.2, 0.25) is 5.91 Å². The van der Waals surface area contributed by atoms with Gasteiger partial charge in [-0.05, 0) is 38.2 Å². The summed E-state index contributed by atoms with van der Waals surface area (Å²) in [4.78, 5) is 42.0. The Balaban J connectivity index is 1.66. The van der Waals surface area contributed by atoms with E-state index < -0.39 is 5.97 Å². The normalized spacial score (nSPS) is 15.5. The quantitative estimate of drug-likeness (QED) is 0.345. The molecule has 2 N–H and O–H groups in total. The molecule has 10 nitrogen and oxygen atoms in total. The molecule has 0 spiro atoms. The van der Waals surface area contributed by atoms with Crippen LogP contribution in [0.4, 0.5) is 11.4 Å². The van der Waals surface area contributed by atoms with E-state index in [2.05, 4.69) is 34.1 Å². The molecule has 1 aliphatic heterocycles. The summed E-state index contributed by atoms with van der Waals surface area (Å²) in [6.07, 6.45) is 3.38. The highest BCUT2D eigenvalue weighted by Crippen LogP contribution is 2.14. The molecule has 1 fully saturated rings. The summed E-state index contributed by atoms with van der Waals surface area (Å²) >= 11 is 1.04. The predicted molar refractivity (Wildman–Crippen MR) is 145 cm³/mol. The number of aromatic nitrogens is 1. The number of likely N-dealkylation sites (N-methyl/N-ethyl adjacent to an activating group) is 1. The van der Waals surface area contributed by atoms with Crippen LogP contribution in [0, 0.1) is 11.3 Å². The monoisotopic (exact) mass is 524 g/mol. The smallest absolute Gasteiger partial charge is 0.352 e. The number of hydrogen-bond acceptors (Lipinski definition) is 9. The van der Waals surface area contributed by atoms with Crippen molar-refractivity contribution < 1.29 is 14.3 Å². The number of amides is 1. The summed E-state index contributed by atoms with van der Waals surface area (Å²) < 4.78 is 6.93. The van der Waals surface area contributed by atoms with Gasteiger partial charge in [-0.1, -0.05) is 12.7 Å². The molecule has 3 rings (SSSR count). The van der Waals surface area contributed by atoms with Crippen molar-refractivity contribution in [3.05, 3.63) is 56.5 Å². The minimum Gasteiger partial charge on any atom is -0.457 e. The number of nitriles is 1. The molecule has 0 unspecified atom stereocenters. The van der Waals surface area contributed by atoms with E-state index in [9.17, 15) is 19.6 Å². The first-order chi connectivity index (χ1) is 17.9. The maximum Gasteiger partial charge on any atom is 0.352 e. The summed E-state index contributed by atoms with van der Waals surface area (Å²) in [5.41, 5.74) is 0.858. The molecule has 1 aliphatic rings. The number of esters is 1. The van der Waals surface area contributed by atoms with Gasteiger partial charge in [0.15, 0.2) is 5.57 Å². The molecule has 2 aromatic rings. The average Bonchev–Trinajstić information content (AvgIpc) is 3.21. The fourth-order valence-corrected chi connectivity index (χ4v) is 4.81. The van der Waals surface area contributed by atoms with Crippen LogP contribution in [0.3, 0.4) is 0 Å². The Labute approximate surface area is 219 Å². The van der Waals surface area contributed by atoms with Gasteiger partial charge in [0, 0.05) is 63.3 Å². The van der Waals surface area contributed by atoms with Crippen LogP contribution in [0.1, 0.15) is 13.3 Å². The van der Waals surface area contributed by atoms with E-state index in [-0.39, 0.29) is 28.3 Å². The number of rotatable bonds is 10. The van der Waals surface area contributed by atoms with Gasteiger partial charge in [-0.15, -0.1) is 11.3 Å². The Bertz CT molecular complexity index is 1330. The predicted octanol–water partition coefficient (Wildman–Crippen LogP) is 0.759. The van der Waals surface area contributed by atoms with Crippen LogP contribution in [0.25, 0.3) is 11.8 Å². The number of benzene rings is 1. The summed E-state index contributed by atoms with van der Waals surface area (Å²) in [6.45, 7) is 10.2. The molecule has 196 valence electrons. The standard InChI is InChI=1S/C26H32N6O4S/c1-4-16-36-26(35)21(17-27)25-32(5-2)24(34)22(37-25)18-28-19-6-8-20(9-7-19)29-23(33)10-11-31-14-12-30(3)13-15-31/h4,6-9,18,28H,1,5,10-16H2,2-3H3,(H,29,33)/b22-18+,25-21+. The van der Waals surface area contributed by atoms with Crippen LogP contribution in [0.5, 0.6) is 0 Å². The van der Waals surface area contributed by atoms with E-state index in [1.807, 2.05) is 6.07 Å². The highest BCUT2D eigenvalue weighted by Gasteiger charge is 2.17. The molecule has 0 bridgehead atoms. The number of anilines is 2. The lowest BCUT2D eigenvalue weighted by atomic mass is 10.2. The molecule has 1 aromatic carbocycles. The third-order valence-corrected chi connectivity index (χ3v) is 7.01. The lowest BCUT2D eigenvalue weighted by Gasteiger charge is -2.32. The Kier molecular flexibility index (Phi) is 10.2. The maximum absolute atomic E-state index is 12.8. The highest BCUT2D eigenvalue weighted by atomic mass is 32.1. The number of thiazole rings is 1. The first-order valence-corrected chi connectivity index (χ1v) is 12.9. The average molecular weight is 525 g/mol. The lowest BCUT2D eigenvalue weighted by Crippen LogP contribution is -2.45. The van der Waals surface area contributed by atoms with Gasteiger partial charge in [0.25, 0.3) is 5.56 Å². The molecular formula is C26H32N6O4S. The minimum atomic E-state index is -0.800. The van der Waals surface area contributed by atoms with Crippen LogP contribution in [0.15, 0.2) is 41.7 Å². The Morgan fingerprint density at radius 2 is 1.86 bits per heavy atom. The minimum absolute atomic E-state index is 0.0288. The van der Waals surface area contributed by atoms with Gasteiger partial charge in [-0.3, -0.25) is 14.2 Å². The number of piperazine rings is 1. The second kappa shape index (κ2) is 13.5. The van der Waals surface area contributed by atoms with E-state index >= 15 is 0 Å². The molecule has 0 radical (unpaired) electrons. The van der Waals surface area contributed by atoms with Crippen LogP contribution in [-0.2, 0) is 20.9 Å². The fraction of sp³-hybridized carbons (Fsp3) is 0.385. The van der Waals surface area contributed by atoms with E-state index in [4.69, 9.17) is 4.74 Å². The SMILES string of the molecule is C=CCOC(=O)/C(C#N)=c1/s/c(=C/Nc2ccc(NC(=O)CCN3CCN(C)CC3)cc2)c(=O)n1CC. The highest BCUT2D eigenvalue weighted by molar-refractivity contribution is 7.07. The van der Waals surface area contributed by atoms with Gasteiger partial charge < -0.3 is 25.2 Å². The number of carbonyl (C=O) groups is 2. The number of nitrogens with zero attached hydrogens (tertiary/aromatic N) is 4. The van der Waals surface area contributed by atoms with E-state index in [1.165, 1.54) is 16.8 Å². The Hall–Kier alpha value is -3.72. The van der Waals surface area contributed by atoms with E-state index in [1.54, 1.807) is 31.2 Å². The summed E-state index contributed by atoms with van der Waals surface area (Å²) in [6, 6.07) is 9.00. The number of ether oxygens (including phenoxy) is 1. The van der Waals surface area contributed by atoms with Crippen molar-refractivity contribution in [3.63, 3.8) is 0 Å². The molecule has 37 heavy (non-hydrogen) atoms. The van der Waals surface area contributed by atoms with Crippen molar-refractivity contribution in [2.45, 2.75) is 19.9 Å². The zero-order valence-corrected chi connectivity index (χ0v) is 22.0. The molecular weight excluding hydrogens is 492 g/mol. The number of hydrogen-bond donors (Lipinski definition) is 2. The van der Waals surface area contributed by atoms with Crippen LogP contribution < -0.4 is 25.4 Å². The van der Waals surface area contributed by atoms with Crippen molar-refractivity contribution in [2.75, 3.05) is 57.0 Å². The van der Waals surface area contributed by atoms with Gasteiger partial charge >= 0.3 is 5.97 Å². The van der Waals surface area contributed by atoms with Crippen molar-refractivity contribution in [1.82, 2.24) is 14.4 Å². The second-order valence-electron chi connectivity index (χ2n) is 8.50. The number of carbonyl (C=O) groups excluding carboxylic acids is 2. The largest absolute Gasteiger partial charge is 0.457 e. The molecule has 2 heterocycles. The summed E-state index contributed by atoms with van der Waals surface area (Å²) in [7, 11) is 2.10. The molecule has 0 saturated carbocycles. The zero-order chi connectivity index (χ0) is 26.8. The Morgan fingerprint density at radius 3 is 2.49 bits per heavy atom. The summed E-state index contributed by atoms with van der Waals surface area (Å²) in [5, 5.41) is 15.5. The van der Waals surface area contributed by atoms with Crippen molar-refractivity contribution in [2.24, 2.45) is 0 Å². The van der Waals surface area contributed by atoms with Crippen LogP contribution in [-0.4, -0.2) is 72.6 Å². The fourth-order valence-electron chi connectivity index (χ4n) is 3.73. The van der Waals surface area contributed by atoms with Crippen LogP contribution >= 0.6 is 11.3 Å². The molecule has 1 aromatic heterocycles. The van der Waals surface area contributed by atoms with E-state index in [0.717, 1.165) is 44.1 Å². The number of nitrogens with one attached hydrogen (secondary N) is 2. The molecule has 0 aliphatic carbocycles. The van der Waals surface area contributed by atoms with Crippen molar-refractivity contribution >= 4 is 46.4 Å². The van der Waals surface area contributed by atoms with Crippen molar-refractivity contribution in [1.29, 1.82) is 5.26 Å². The van der Waals surface area contributed by atoms with Gasteiger partial charge in [-0.2, -0.15) is 5.26 Å². The molecule has 1 saturated heterocycles. The van der Waals surface area contributed by atoms with Crippen LogP contribution in [0.2, 0.25) is 0 Å². The first-order valence-electron chi connectivity index (χ1n) is 12.1. The molecule has 0 atom stereocenters.